The van der Waals surface area contributed by atoms with Crippen LogP contribution >= 0.6 is 0 Å². The zero-order valence-electron chi connectivity index (χ0n) is 19.3. The van der Waals surface area contributed by atoms with E-state index in [0.717, 1.165) is 27.5 Å². The molecule has 0 saturated carbocycles. The zero-order chi connectivity index (χ0) is 25.6. The van der Waals surface area contributed by atoms with Gasteiger partial charge >= 0.3 is 0 Å². The van der Waals surface area contributed by atoms with E-state index in [4.69, 9.17) is 0 Å². The van der Waals surface area contributed by atoms with Crippen LogP contribution < -0.4 is 0 Å². The summed E-state index contributed by atoms with van der Waals surface area (Å²) < 4.78 is 54.4. The third kappa shape index (κ3) is 3.80. The van der Waals surface area contributed by atoms with Gasteiger partial charge in [0.1, 0.15) is 0 Å². The van der Waals surface area contributed by atoms with Gasteiger partial charge in [0, 0.05) is 41.2 Å². The fourth-order valence-electron chi connectivity index (χ4n) is 4.46. The molecule has 0 saturated heterocycles. The van der Waals surface area contributed by atoms with Crippen molar-refractivity contribution in [3.05, 3.63) is 116 Å². The second kappa shape index (κ2) is 8.65. The van der Waals surface area contributed by atoms with Crippen LogP contribution in [0.3, 0.4) is 0 Å². The maximum Gasteiger partial charge on any atom is 0.208 e. The molecular weight excluding hydrogens is 506 g/mol. The first kappa shape index (κ1) is 23.1. The Morgan fingerprint density at radius 2 is 1.08 bits per heavy atom. The maximum atomic E-state index is 13.2. The van der Waals surface area contributed by atoms with Crippen LogP contribution in [0.15, 0.2) is 135 Å². The Labute approximate surface area is 213 Å². The molecule has 0 bridgehead atoms. The fourth-order valence-corrected chi connectivity index (χ4v) is 6.93. The first-order valence-corrected chi connectivity index (χ1v) is 14.3. The van der Waals surface area contributed by atoms with Gasteiger partial charge in [0.2, 0.25) is 19.7 Å². The summed E-state index contributed by atoms with van der Waals surface area (Å²) in [5, 5.41) is 1.65. The summed E-state index contributed by atoms with van der Waals surface area (Å²) in [6.45, 7) is 0. The molecule has 0 spiro atoms. The van der Waals surface area contributed by atoms with Crippen molar-refractivity contribution in [2.24, 2.45) is 0 Å². The van der Waals surface area contributed by atoms with Gasteiger partial charge in [0.15, 0.2) is 0 Å². The molecule has 7 nitrogen and oxygen atoms in total. The highest BCUT2D eigenvalue weighted by Crippen LogP contribution is 2.35. The van der Waals surface area contributed by atoms with Gasteiger partial charge in [-0.25, -0.2) is 16.8 Å². The van der Waals surface area contributed by atoms with E-state index in [1.807, 2.05) is 28.8 Å². The zero-order valence-corrected chi connectivity index (χ0v) is 20.9. The minimum absolute atomic E-state index is 0.127. The molecular formula is C28H19N3O4S2. The number of hydrogen-bond donors (Lipinski definition) is 0. The molecule has 9 heteroatoms. The van der Waals surface area contributed by atoms with Gasteiger partial charge in [0.05, 0.1) is 30.6 Å². The number of rotatable bonds is 5. The second-order valence-electron chi connectivity index (χ2n) is 8.41. The van der Waals surface area contributed by atoms with Crippen LogP contribution in [-0.4, -0.2) is 31.4 Å². The lowest BCUT2D eigenvalue weighted by molar-refractivity contribution is 0.594. The summed E-state index contributed by atoms with van der Waals surface area (Å²) in [6, 6.07) is 25.6. The Kier molecular flexibility index (Phi) is 5.40. The molecule has 0 fully saturated rings. The van der Waals surface area contributed by atoms with Gasteiger partial charge in [-0.05, 0) is 72.8 Å². The van der Waals surface area contributed by atoms with Crippen molar-refractivity contribution in [2.75, 3.05) is 0 Å². The molecule has 3 heterocycles. The third-order valence-corrected chi connectivity index (χ3v) is 9.74. The minimum Gasteiger partial charge on any atom is -0.309 e. The lowest BCUT2D eigenvalue weighted by Gasteiger charge is -2.10. The number of aromatic nitrogens is 3. The lowest BCUT2D eigenvalue weighted by atomic mass is 10.1. The summed E-state index contributed by atoms with van der Waals surface area (Å²) in [6.07, 6.45) is 5.72. The van der Waals surface area contributed by atoms with Gasteiger partial charge in [0.25, 0.3) is 0 Å². The smallest absolute Gasteiger partial charge is 0.208 e. The summed E-state index contributed by atoms with van der Waals surface area (Å²) in [5.74, 6) is 0. The van der Waals surface area contributed by atoms with Crippen LogP contribution in [0, 0.1) is 0 Å². The van der Waals surface area contributed by atoms with E-state index in [2.05, 4.69) is 9.97 Å². The van der Waals surface area contributed by atoms with Crippen molar-refractivity contribution in [1.29, 1.82) is 0 Å². The van der Waals surface area contributed by atoms with Crippen molar-refractivity contribution in [3.63, 3.8) is 0 Å². The topological polar surface area (TPSA) is 99.0 Å². The summed E-state index contributed by atoms with van der Waals surface area (Å²) in [5.41, 5.74) is 2.42. The summed E-state index contributed by atoms with van der Waals surface area (Å²) in [4.78, 5) is 8.46. The normalized spacial score (nSPS) is 12.2. The molecule has 3 aromatic carbocycles. The predicted molar refractivity (Wildman–Crippen MR) is 140 cm³/mol. The molecule has 0 aliphatic rings. The molecule has 0 unspecified atom stereocenters. The van der Waals surface area contributed by atoms with Crippen LogP contribution in [0.25, 0.3) is 27.5 Å². The van der Waals surface area contributed by atoms with E-state index in [9.17, 15) is 16.8 Å². The summed E-state index contributed by atoms with van der Waals surface area (Å²) in [7, 11) is -7.45. The van der Waals surface area contributed by atoms with Crippen LogP contribution in [0.5, 0.6) is 0 Å². The Morgan fingerprint density at radius 3 is 1.70 bits per heavy atom. The van der Waals surface area contributed by atoms with E-state index in [1.54, 1.807) is 54.6 Å². The number of benzene rings is 3. The minimum atomic E-state index is -3.75. The average molecular weight is 526 g/mol. The van der Waals surface area contributed by atoms with Crippen molar-refractivity contribution >= 4 is 41.5 Å². The molecule has 37 heavy (non-hydrogen) atoms. The first-order chi connectivity index (χ1) is 17.9. The third-order valence-electron chi connectivity index (χ3n) is 6.25. The first-order valence-electron chi connectivity index (χ1n) is 11.3. The van der Waals surface area contributed by atoms with E-state index >= 15 is 0 Å². The quantitative estimate of drug-likeness (QED) is 0.305. The Hall–Kier alpha value is -4.34. The highest BCUT2D eigenvalue weighted by molar-refractivity contribution is 7.91. The number of sulfone groups is 2. The molecule has 6 rings (SSSR count). The van der Waals surface area contributed by atoms with E-state index in [-0.39, 0.29) is 19.6 Å². The molecule has 0 aliphatic carbocycles. The Balaban J connectivity index is 1.50. The molecule has 0 N–H and O–H groups in total. The molecule has 0 amide bonds. The van der Waals surface area contributed by atoms with Crippen LogP contribution in [0.4, 0.5) is 0 Å². The van der Waals surface area contributed by atoms with Gasteiger partial charge < -0.3 is 4.57 Å². The Bertz CT molecular complexity index is 1990. The number of pyridine rings is 2. The molecule has 0 radical (unpaired) electrons. The average Bonchev–Trinajstić information content (AvgIpc) is 3.28. The molecule has 182 valence electrons. The van der Waals surface area contributed by atoms with Gasteiger partial charge in [-0.2, -0.15) is 0 Å². The number of nitrogens with zero attached hydrogens (tertiary/aromatic N) is 3. The number of hydrogen-bond acceptors (Lipinski definition) is 6. The predicted octanol–water partition coefficient (Wildman–Crippen LogP) is 5.24. The fraction of sp³-hybridized carbons (Fsp3) is 0. The van der Waals surface area contributed by atoms with E-state index in [1.165, 1.54) is 36.9 Å². The van der Waals surface area contributed by atoms with Gasteiger partial charge in [-0.3, -0.25) is 9.97 Å². The van der Waals surface area contributed by atoms with Crippen LogP contribution in [0.1, 0.15) is 0 Å². The summed E-state index contributed by atoms with van der Waals surface area (Å²) >= 11 is 0. The lowest BCUT2D eigenvalue weighted by Crippen LogP contribution is -2.03. The molecule has 0 aliphatic heterocycles. The Morgan fingerprint density at radius 1 is 0.514 bits per heavy atom. The van der Waals surface area contributed by atoms with E-state index < -0.39 is 19.7 Å². The number of para-hydroxylation sites is 1. The maximum absolute atomic E-state index is 13.2. The van der Waals surface area contributed by atoms with Crippen molar-refractivity contribution in [3.8, 4) is 5.69 Å². The highest BCUT2D eigenvalue weighted by Gasteiger charge is 2.21. The highest BCUT2D eigenvalue weighted by atomic mass is 32.2. The monoisotopic (exact) mass is 525 g/mol. The molecule has 0 atom stereocenters. The van der Waals surface area contributed by atoms with Crippen molar-refractivity contribution < 1.29 is 16.8 Å². The van der Waals surface area contributed by atoms with Crippen molar-refractivity contribution in [1.82, 2.24) is 14.5 Å². The van der Waals surface area contributed by atoms with Gasteiger partial charge in [-0.15, -0.1) is 0 Å². The number of fused-ring (bicyclic) bond motifs is 3. The largest absolute Gasteiger partial charge is 0.309 e. The molecule has 6 aromatic rings. The standard InChI is InChI=1S/C28H19N3O4S2/c32-36(33,23-5-3-15-29-18-23)21-11-9-20(10-12-21)31-27-8-2-1-7-25(27)26-17-22(13-14-28(26)31)37(34,35)24-6-4-16-30-19-24/h1-19H. The van der Waals surface area contributed by atoms with Crippen LogP contribution in [-0.2, 0) is 19.7 Å². The van der Waals surface area contributed by atoms with E-state index in [0.29, 0.717) is 0 Å². The second-order valence-corrected chi connectivity index (χ2v) is 12.3. The van der Waals surface area contributed by atoms with Gasteiger partial charge in [-0.1, -0.05) is 18.2 Å². The SMILES string of the molecule is O=S(=O)(c1ccc(-n2c3ccccc3c3cc(S(=O)(=O)c4cccnc4)ccc32)cc1)c1cccnc1. The molecule has 3 aromatic heterocycles. The van der Waals surface area contributed by atoms with Crippen molar-refractivity contribution in [2.45, 2.75) is 19.6 Å². The van der Waals surface area contributed by atoms with Crippen LogP contribution in [0.2, 0.25) is 0 Å².